The highest BCUT2D eigenvalue weighted by molar-refractivity contribution is 6.00. The molecular formula is C21H30N4O2. The van der Waals surface area contributed by atoms with E-state index >= 15 is 0 Å². The van der Waals surface area contributed by atoms with Gasteiger partial charge in [0.05, 0.1) is 24.3 Å². The summed E-state index contributed by atoms with van der Waals surface area (Å²) >= 11 is 0. The van der Waals surface area contributed by atoms with E-state index in [2.05, 4.69) is 34.6 Å². The van der Waals surface area contributed by atoms with E-state index in [-0.39, 0.29) is 11.9 Å². The van der Waals surface area contributed by atoms with Gasteiger partial charge in [-0.25, -0.2) is 0 Å². The third-order valence-corrected chi connectivity index (χ3v) is 5.58. The first-order chi connectivity index (χ1) is 13.0. The number of ketones is 1. The predicted molar refractivity (Wildman–Crippen MR) is 106 cm³/mol. The first-order valence-electron chi connectivity index (χ1n) is 9.86. The molecule has 1 unspecified atom stereocenters. The topological polar surface area (TPSA) is 59.8 Å². The molecule has 2 aliphatic rings. The third kappa shape index (κ3) is 4.86. The van der Waals surface area contributed by atoms with Crippen LogP contribution < -0.4 is 4.90 Å². The molecule has 0 saturated carbocycles. The van der Waals surface area contributed by atoms with Crippen LogP contribution in [0.1, 0.15) is 36.7 Å². The van der Waals surface area contributed by atoms with E-state index in [0.717, 1.165) is 58.1 Å². The maximum Gasteiger partial charge on any atom is 0.161 e. The summed E-state index contributed by atoms with van der Waals surface area (Å²) in [4.78, 5) is 19.1. The lowest BCUT2D eigenvalue weighted by Crippen LogP contribution is -2.53. The average molecular weight is 370 g/mol. The van der Waals surface area contributed by atoms with Crippen LogP contribution in [0.2, 0.25) is 0 Å². The summed E-state index contributed by atoms with van der Waals surface area (Å²) in [6.45, 7) is 13.4. The van der Waals surface area contributed by atoms with Crippen molar-refractivity contribution in [3.63, 3.8) is 0 Å². The summed E-state index contributed by atoms with van der Waals surface area (Å²) < 4.78 is 5.98. The number of carbonyl (C=O) groups excluding carboxylic acids is 1. The van der Waals surface area contributed by atoms with Gasteiger partial charge in [0.1, 0.15) is 0 Å². The molecule has 2 fully saturated rings. The van der Waals surface area contributed by atoms with Gasteiger partial charge >= 0.3 is 0 Å². The number of nitriles is 1. The van der Waals surface area contributed by atoms with Gasteiger partial charge in [-0.3, -0.25) is 14.6 Å². The van der Waals surface area contributed by atoms with Gasteiger partial charge in [0, 0.05) is 63.1 Å². The zero-order valence-electron chi connectivity index (χ0n) is 16.6. The van der Waals surface area contributed by atoms with Gasteiger partial charge in [0.15, 0.2) is 5.78 Å². The molecule has 0 amide bonds. The van der Waals surface area contributed by atoms with Gasteiger partial charge in [0.2, 0.25) is 0 Å². The second-order valence-electron chi connectivity index (χ2n) is 7.77. The number of ether oxygens (including phenoxy) is 1. The van der Waals surface area contributed by atoms with Crippen molar-refractivity contribution in [3.8, 4) is 6.07 Å². The van der Waals surface area contributed by atoms with Crippen molar-refractivity contribution in [1.29, 1.82) is 5.26 Å². The number of benzene rings is 1. The Morgan fingerprint density at radius 3 is 2.63 bits per heavy atom. The second kappa shape index (κ2) is 8.83. The normalized spacial score (nSPS) is 22.0. The van der Waals surface area contributed by atoms with Crippen molar-refractivity contribution in [2.75, 3.05) is 57.3 Å². The van der Waals surface area contributed by atoms with E-state index in [1.807, 2.05) is 6.07 Å². The summed E-state index contributed by atoms with van der Waals surface area (Å²) in [6.07, 6.45) is 0.266. The van der Waals surface area contributed by atoms with Crippen LogP contribution in [-0.2, 0) is 4.74 Å². The van der Waals surface area contributed by atoms with Gasteiger partial charge in [-0.15, -0.1) is 0 Å². The number of Topliss-reactive ketones (excluding diaryl/α,β-unsaturated/α-hetero) is 1. The molecule has 1 aromatic carbocycles. The number of nitrogens with zero attached hydrogens (tertiary/aromatic N) is 4. The lowest BCUT2D eigenvalue weighted by atomic mass is 10.0. The molecule has 2 aliphatic heterocycles. The van der Waals surface area contributed by atoms with Crippen molar-refractivity contribution in [2.45, 2.75) is 32.9 Å². The Labute approximate surface area is 162 Å². The Hall–Kier alpha value is -1.94. The molecule has 27 heavy (non-hydrogen) atoms. The van der Waals surface area contributed by atoms with E-state index in [1.54, 1.807) is 19.1 Å². The van der Waals surface area contributed by atoms with Crippen LogP contribution in [0.25, 0.3) is 0 Å². The Morgan fingerprint density at radius 1 is 1.26 bits per heavy atom. The number of anilines is 1. The highest BCUT2D eigenvalue weighted by Gasteiger charge is 2.27. The molecule has 2 heterocycles. The molecule has 0 aliphatic carbocycles. The minimum absolute atomic E-state index is 0.0429. The van der Waals surface area contributed by atoms with E-state index in [1.165, 1.54) is 0 Å². The molecular weight excluding hydrogens is 340 g/mol. The monoisotopic (exact) mass is 370 g/mol. The lowest BCUT2D eigenvalue weighted by molar-refractivity contribution is -0.0525. The van der Waals surface area contributed by atoms with Crippen molar-refractivity contribution < 1.29 is 9.53 Å². The number of carbonyl (C=O) groups is 1. The maximum absolute atomic E-state index is 12.0. The molecule has 6 nitrogen and oxygen atoms in total. The molecule has 146 valence electrons. The third-order valence-electron chi connectivity index (χ3n) is 5.58. The predicted octanol–water partition coefficient (Wildman–Crippen LogP) is 1.99. The molecule has 0 aromatic heterocycles. The standard InChI is InChI=1S/C21H30N4O2/c1-16(2)25-10-11-27-19(15-25)14-23-6-8-24(9-7-23)21-12-18(13-22)4-5-20(21)17(3)26/h4-5,12,16,19H,6-11,14-15H2,1-3H3. The molecule has 6 heteroatoms. The van der Waals surface area contributed by atoms with Gasteiger partial charge in [-0.2, -0.15) is 5.26 Å². The molecule has 0 N–H and O–H groups in total. The van der Waals surface area contributed by atoms with Crippen LogP contribution in [-0.4, -0.2) is 80.1 Å². The number of rotatable bonds is 5. The summed E-state index contributed by atoms with van der Waals surface area (Å²) in [5.41, 5.74) is 2.19. The largest absolute Gasteiger partial charge is 0.374 e. The van der Waals surface area contributed by atoms with Crippen LogP contribution in [0, 0.1) is 11.3 Å². The van der Waals surface area contributed by atoms with Crippen LogP contribution in [0.5, 0.6) is 0 Å². The van der Waals surface area contributed by atoms with Gasteiger partial charge < -0.3 is 9.64 Å². The van der Waals surface area contributed by atoms with Crippen LogP contribution >= 0.6 is 0 Å². The zero-order valence-corrected chi connectivity index (χ0v) is 16.6. The zero-order chi connectivity index (χ0) is 19.4. The van der Waals surface area contributed by atoms with E-state index in [9.17, 15) is 10.1 Å². The first kappa shape index (κ1) is 19.8. The molecule has 1 aromatic rings. The van der Waals surface area contributed by atoms with Gasteiger partial charge in [0.25, 0.3) is 0 Å². The van der Waals surface area contributed by atoms with E-state index in [0.29, 0.717) is 17.2 Å². The smallest absolute Gasteiger partial charge is 0.161 e. The van der Waals surface area contributed by atoms with Crippen molar-refractivity contribution >= 4 is 11.5 Å². The molecule has 1 atom stereocenters. The Morgan fingerprint density at radius 2 is 2.00 bits per heavy atom. The lowest BCUT2D eigenvalue weighted by Gasteiger charge is -2.41. The molecule has 2 saturated heterocycles. The summed E-state index contributed by atoms with van der Waals surface area (Å²) in [7, 11) is 0. The SMILES string of the molecule is CC(=O)c1ccc(C#N)cc1N1CCN(CC2CN(C(C)C)CCO2)CC1. The summed E-state index contributed by atoms with van der Waals surface area (Å²) in [6, 6.07) is 8.08. The number of hydrogen-bond donors (Lipinski definition) is 0. The van der Waals surface area contributed by atoms with Crippen molar-refractivity contribution in [3.05, 3.63) is 29.3 Å². The molecule has 0 bridgehead atoms. The average Bonchev–Trinajstić information content (AvgIpc) is 2.68. The fourth-order valence-electron chi connectivity index (χ4n) is 3.94. The Kier molecular flexibility index (Phi) is 6.48. The highest BCUT2D eigenvalue weighted by Crippen LogP contribution is 2.24. The van der Waals surface area contributed by atoms with Crippen LogP contribution in [0.4, 0.5) is 5.69 Å². The van der Waals surface area contributed by atoms with Gasteiger partial charge in [-0.1, -0.05) is 0 Å². The molecule has 3 rings (SSSR count). The number of hydrogen-bond acceptors (Lipinski definition) is 6. The van der Waals surface area contributed by atoms with Gasteiger partial charge in [-0.05, 0) is 39.0 Å². The Bertz CT molecular complexity index is 705. The molecule has 0 spiro atoms. The summed E-state index contributed by atoms with van der Waals surface area (Å²) in [5.74, 6) is 0.0429. The molecule has 0 radical (unpaired) electrons. The first-order valence-corrected chi connectivity index (χ1v) is 9.86. The summed E-state index contributed by atoms with van der Waals surface area (Å²) in [5, 5.41) is 9.20. The quantitative estimate of drug-likeness (QED) is 0.739. The minimum Gasteiger partial charge on any atom is -0.374 e. The fraction of sp³-hybridized carbons (Fsp3) is 0.619. The van der Waals surface area contributed by atoms with Crippen LogP contribution in [0.3, 0.4) is 0 Å². The van der Waals surface area contributed by atoms with E-state index < -0.39 is 0 Å². The van der Waals surface area contributed by atoms with Crippen LogP contribution in [0.15, 0.2) is 18.2 Å². The number of piperazine rings is 1. The van der Waals surface area contributed by atoms with E-state index in [4.69, 9.17) is 4.74 Å². The highest BCUT2D eigenvalue weighted by atomic mass is 16.5. The Balaban J connectivity index is 1.59. The number of morpholine rings is 1. The maximum atomic E-state index is 12.0. The second-order valence-corrected chi connectivity index (χ2v) is 7.77. The fourth-order valence-corrected chi connectivity index (χ4v) is 3.94. The van der Waals surface area contributed by atoms with Crippen molar-refractivity contribution in [2.24, 2.45) is 0 Å². The minimum atomic E-state index is 0.0429. The van der Waals surface area contributed by atoms with Crippen molar-refractivity contribution in [1.82, 2.24) is 9.80 Å².